The number of hydrogen-bond acceptors (Lipinski definition) is 3. The van der Waals surface area contributed by atoms with Crippen LogP contribution in [0.5, 0.6) is 5.75 Å². The maximum atomic E-state index is 10.8. The van der Waals surface area contributed by atoms with E-state index in [0.717, 1.165) is 31.6 Å². The highest BCUT2D eigenvalue weighted by Gasteiger charge is 2.30. The van der Waals surface area contributed by atoms with E-state index in [1.807, 2.05) is 13.0 Å². The zero-order valence-electron chi connectivity index (χ0n) is 14.7. The Morgan fingerprint density at radius 1 is 1.39 bits per heavy atom. The predicted molar refractivity (Wildman–Crippen MR) is 92.1 cm³/mol. The number of rotatable bonds is 2. The summed E-state index contributed by atoms with van der Waals surface area (Å²) in [5.74, 6) is 0.467. The van der Waals surface area contributed by atoms with E-state index in [0.29, 0.717) is 6.04 Å². The number of hydrogen-bond donors (Lipinski definition) is 2. The molecule has 1 heterocycles. The predicted octanol–water partition coefficient (Wildman–Crippen LogP) is 3.51. The van der Waals surface area contributed by atoms with Crippen molar-refractivity contribution < 1.29 is 14.6 Å². The zero-order valence-corrected chi connectivity index (χ0v) is 14.7. The molecular weight excluding hydrogens is 290 g/mol. The van der Waals surface area contributed by atoms with Crippen LogP contribution in [0.25, 0.3) is 0 Å². The summed E-state index contributed by atoms with van der Waals surface area (Å²) in [6, 6.07) is 4.43. The summed E-state index contributed by atoms with van der Waals surface area (Å²) in [7, 11) is 0. The Kier molecular flexibility index (Phi) is 5.35. The van der Waals surface area contributed by atoms with Crippen molar-refractivity contribution in [3.63, 3.8) is 0 Å². The van der Waals surface area contributed by atoms with Crippen LogP contribution in [0.2, 0.25) is 0 Å². The molecule has 2 atom stereocenters. The number of aryl methyl sites for hydroxylation is 1. The van der Waals surface area contributed by atoms with E-state index in [1.165, 1.54) is 16.7 Å². The molecule has 1 aliphatic heterocycles. The maximum Gasteiger partial charge on any atom is 0.303 e. The van der Waals surface area contributed by atoms with Gasteiger partial charge in [0, 0.05) is 18.0 Å². The van der Waals surface area contributed by atoms with Gasteiger partial charge in [0.1, 0.15) is 5.75 Å². The number of carboxylic acids is 1. The molecule has 0 bridgehead atoms. The number of benzene rings is 1. The van der Waals surface area contributed by atoms with Crippen molar-refractivity contribution in [3.05, 3.63) is 28.8 Å². The van der Waals surface area contributed by atoms with Gasteiger partial charge >= 0.3 is 5.97 Å². The Labute approximate surface area is 139 Å². The molecular formula is C19H29NO3. The molecule has 1 aromatic rings. The second-order valence-electron chi connectivity index (χ2n) is 7.70. The van der Waals surface area contributed by atoms with E-state index < -0.39 is 5.97 Å². The number of fused-ring (bicyclic) bond motifs is 3. The highest BCUT2D eigenvalue weighted by molar-refractivity contribution is 5.69. The van der Waals surface area contributed by atoms with Gasteiger partial charge in [-0.05, 0) is 48.3 Å². The normalized spacial score (nSPS) is 20.0. The van der Waals surface area contributed by atoms with Gasteiger partial charge in [-0.25, -0.2) is 0 Å². The van der Waals surface area contributed by atoms with Gasteiger partial charge in [0.05, 0.1) is 13.0 Å². The molecule has 3 rings (SSSR count). The van der Waals surface area contributed by atoms with Crippen LogP contribution in [0.3, 0.4) is 0 Å². The van der Waals surface area contributed by atoms with Crippen molar-refractivity contribution in [2.75, 3.05) is 6.61 Å². The molecule has 4 nitrogen and oxygen atoms in total. The summed E-state index contributed by atoms with van der Waals surface area (Å²) in [4.78, 5) is 10.8. The number of nitrogens with two attached hydrogens (primary N) is 1. The molecule has 0 aromatic heterocycles. The van der Waals surface area contributed by atoms with Crippen LogP contribution in [0.4, 0.5) is 0 Å². The van der Waals surface area contributed by atoms with Crippen LogP contribution < -0.4 is 10.5 Å². The average molecular weight is 319 g/mol. The van der Waals surface area contributed by atoms with E-state index in [-0.39, 0.29) is 17.8 Å². The quantitative estimate of drug-likeness (QED) is 0.875. The van der Waals surface area contributed by atoms with Gasteiger partial charge in [-0.15, -0.1) is 0 Å². The number of aliphatic carboxylic acids is 1. The van der Waals surface area contributed by atoms with Gasteiger partial charge in [0.25, 0.3) is 0 Å². The first-order valence-electron chi connectivity index (χ1n) is 8.45. The Balaban J connectivity index is 0.000000236. The van der Waals surface area contributed by atoms with Gasteiger partial charge in [0.15, 0.2) is 0 Å². The topological polar surface area (TPSA) is 72.6 Å². The van der Waals surface area contributed by atoms with Crippen molar-refractivity contribution in [3.8, 4) is 5.75 Å². The molecule has 3 N–H and O–H groups in total. The first kappa shape index (κ1) is 17.8. The third-order valence-electron chi connectivity index (χ3n) is 4.97. The molecule has 23 heavy (non-hydrogen) atoms. The molecule has 128 valence electrons. The summed E-state index contributed by atoms with van der Waals surface area (Å²) in [6.45, 7) is 9.18. The maximum absolute atomic E-state index is 10.8. The van der Waals surface area contributed by atoms with Gasteiger partial charge < -0.3 is 15.6 Å². The van der Waals surface area contributed by atoms with Crippen LogP contribution in [0.15, 0.2) is 12.1 Å². The number of carboxylic acid groups (broad SMARTS) is 1. The zero-order chi connectivity index (χ0) is 17.2. The van der Waals surface area contributed by atoms with E-state index in [1.54, 1.807) is 0 Å². The van der Waals surface area contributed by atoms with Crippen molar-refractivity contribution in [1.29, 1.82) is 0 Å². The van der Waals surface area contributed by atoms with Crippen LogP contribution in [-0.4, -0.2) is 23.7 Å². The van der Waals surface area contributed by atoms with Crippen LogP contribution in [-0.2, 0) is 17.6 Å². The molecule has 0 spiro atoms. The van der Waals surface area contributed by atoms with Gasteiger partial charge in [-0.2, -0.15) is 0 Å². The Hall–Kier alpha value is -1.55. The minimum Gasteiger partial charge on any atom is -0.493 e. The largest absolute Gasteiger partial charge is 0.493 e. The summed E-state index contributed by atoms with van der Waals surface area (Å²) in [5.41, 5.74) is 9.72. The summed E-state index contributed by atoms with van der Waals surface area (Å²) in [6.07, 6.45) is 3.18. The molecule has 0 saturated carbocycles. The van der Waals surface area contributed by atoms with E-state index in [9.17, 15) is 4.79 Å². The molecule has 4 heteroatoms. The molecule has 0 radical (unpaired) electrons. The van der Waals surface area contributed by atoms with Gasteiger partial charge in [-0.3, -0.25) is 4.79 Å². The first-order chi connectivity index (χ1) is 10.7. The Morgan fingerprint density at radius 3 is 2.61 bits per heavy atom. The Morgan fingerprint density at radius 2 is 2.04 bits per heavy atom. The van der Waals surface area contributed by atoms with E-state index in [4.69, 9.17) is 15.6 Å². The fourth-order valence-corrected chi connectivity index (χ4v) is 2.96. The smallest absolute Gasteiger partial charge is 0.303 e. The molecule has 2 aliphatic rings. The lowest BCUT2D eigenvalue weighted by atomic mass is 9.89. The SMILES string of the molecule is C[C@@H](N)C(C)(C)C.O=C(O)C[C@@H]1CCc2ccc3c(c21)CCO3. The highest BCUT2D eigenvalue weighted by atomic mass is 16.5. The highest BCUT2D eigenvalue weighted by Crippen LogP contribution is 2.43. The lowest BCUT2D eigenvalue weighted by Crippen LogP contribution is -2.31. The summed E-state index contributed by atoms with van der Waals surface area (Å²) < 4.78 is 5.53. The van der Waals surface area contributed by atoms with Crippen molar-refractivity contribution in [2.24, 2.45) is 11.1 Å². The summed E-state index contributed by atoms with van der Waals surface area (Å²) in [5, 5.41) is 8.92. The standard InChI is InChI=1S/C13H14O3.C6H15N/c14-12(15)7-9-2-1-8-3-4-11-10(13(8)9)5-6-16-11;1-5(7)6(2,3)4/h3-4,9H,1-2,5-7H2,(H,14,15);5H,7H2,1-4H3/t9-;5-/m01/s1. The lowest BCUT2D eigenvalue weighted by molar-refractivity contribution is -0.137. The molecule has 0 unspecified atom stereocenters. The van der Waals surface area contributed by atoms with Crippen molar-refractivity contribution in [1.82, 2.24) is 0 Å². The number of ether oxygens (including phenoxy) is 1. The monoisotopic (exact) mass is 319 g/mol. The third kappa shape index (κ3) is 4.25. The third-order valence-corrected chi connectivity index (χ3v) is 4.97. The fourth-order valence-electron chi connectivity index (χ4n) is 2.96. The van der Waals surface area contributed by atoms with Gasteiger partial charge in [0.2, 0.25) is 0 Å². The van der Waals surface area contributed by atoms with Crippen molar-refractivity contribution in [2.45, 2.75) is 65.3 Å². The lowest BCUT2D eigenvalue weighted by Gasteiger charge is -2.22. The minimum absolute atomic E-state index is 0.198. The minimum atomic E-state index is -0.700. The molecule has 0 saturated heterocycles. The van der Waals surface area contributed by atoms with Crippen LogP contribution in [0, 0.1) is 5.41 Å². The first-order valence-corrected chi connectivity index (χ1v) is 8.45. The van der Waals surface area contributed by atoms with Crippen LogP contribution in [0.1, 0.15) is 63.1 Å². The second kappa shape index (κ2) is 6.91. The van der Waals surface area contributed by atoms with E-state index in [2.05, 4.69) is 26.8 Å². The average Bonchev–Trinajstić information content (AvgIpc) is 3.03. The Bertz CT molecular complexity index is 573. The molecule has 1 aliphatic carbocycles. The number of carbonyl (C=O) groups is 1. The van der Waals surface area contributed by atoms with E-state index >= 15 is 0 Å². The van der Waals surface area contributed by atoms with Crippen molar-refractivity contribution >= 4 is 5.97 Å². The molecule has 0 amide bonds. The molecule has 1 aromatic carbocycles. The van der Waals surface area contributed by atoms with Gasteiger partial charge in [-0.1, -0.05) is 26.8 Å². The summed E-state index contributed by atoms with van der Waals surface area (Å²) >= 11 is 0. The second-order valence-corrected chi connectivity index (χ2v) is 7.70. The fraction of sp³-hybridized carbons (Fsp3) is 0.632. The molecule has 0 fully saturated rings. The van der Waals surface area contributed by atoms with Crippen LogP contribution >= 0.6 is 0 Å².